The molecule has 0 bridgehead atoms. The van der Waals surface area contributed by atoms with Crippen molar-refractivity contribution in [1.29, 1.82) is 0 Å². The summed E-state index contributed by atoms with van der Waals surface area (Å²) in [6.07, 6.45) is 4.91. The van der Waals surface area contributed by atoms with Crippen LogP contribution < -0.4 is 44.9 Å². The zero-order valence-corrected chi connectivity index (χ0v) is 24.0. The van der Waals surface area contributed by atoms with Crippen molar-refractivity contribution in [2.45, 2.75) is 73.1 Å². The van der Waals surface area contributed by atoms with Gasteiger partial charge >= 0.3 is 29.6 Å². The molecule has 3 rings (SSSR count). The molecule has 4 N–H and O–H groups in total. The molecule has 1 saturated carbocycles. The van der Waals surface area contributed by atoms with Crippen LogP contribution in [-0.4, -0.2) is 62.4 Å². The van der Waals surface area contributed by atoms with Crippen LogP contribution in [-0.2, 0) is 29.7 Å². The smallest absolute Gasteiger partial charge is 0.746 e. The summed E-state index contributed by atoms with van der Waals surface area (Å²) in [5.74, 6) is -1.83. The van der Waals surface area contributed by atoms with E-state index >= 15 is 0 Å². The Hall–Kier alpha value is -0.580. The van der Waals surface area contributed by atoms with E-state index in [1.54, 1.807) is 11.4 Å². The number of amides is 2. The summed E-state index contributed by atoms with van der Waals surface area (Å²) in [5.41, 5.74) is -2.48. The Labute approximate surface area is 231 Å². The van der Waals surface area contributed by atoms with Crippen LogP contribution in [0.5, 0.6) is 0 Å². The van der Waals surface area contributed by atoms with Crippen LogP contribution >= 0.6 is 11.3 Å². The zero-order chi connectivity index (χ0) is 24.9. The SMILES string of the molecule is O=C1NCC[C@H]1C[C@H](NC(=O)[C@H](CC1CCCCC1)NS(=O)(=O)c1cccs1)C(O)S(=O)(=O)[O-].[Na+]. The number of aliphatic hydroxyl groups excluding tert-OH is 1. The Kier molecular flexibility index (Phi) is 11.6. The van der Waals surface area contributed by atoms with Crippen LogP contribution in [0.4, 0.5) is 0 Å². The van der Waals surface area contributed by atoms with Crippen LogP contribution in [0, 0.1) is 11.8 Å². The Morgan fingerprint density at radius 2 is 1.86 bits per heavy atom. The summed E-state index contributed by atoms with van der Waals surface area (Å²) in [4.78, 5) is 25.2. The van der Waals surface area contributed by atoms with Crippen molar-refractivity contribution in [2.24, 2.45) is 11.8 Å². The predicted molar refractivity (Wildman–Crippen MR) is 123 cm³/mol. The third-order valence-corrected chi connectivity index (χ3v) is 10.1. The van der Waals surface area contributed by atoms with Gasteiger partial charge in [0.05, 0.1) is 6.04 Å². The largest absolute Gasteiger partial charge is 1.00 e. The van der Waals surface area contributed by atoms with E-state index in [1.807, 2.05) is 0 Å². The standard InChI is InChI=1S/C20H31N3O8S3.Na/c24-18-14(8-9-21-18)12-16(20(26)34(29,30)31)22-19(25)15(11-13-5-2-1-3-6-13)23-33(27,28)17-7-4-10-32-17;/h4,7,10,13-16,20,23,26H,1-3,5-6,8-9,11-12H2,(H,21,24)(H,22,25)(H,29,30,31);/q;+1/p-1/t14-,15-,16-,20?;/m0./s1. The molecule has 11 nitrogen and oxygen atoms in total. The molecule has 0 aromatic carbocycles. The topological polar surface area (TPSA) is 182 Å². The second-order valence-corrected chi connectivity index (χ2v) is 13.2. The van der Waals surface area contributed by atoms with Crippen molar-refractivity contribution in [3.8, 4) is 0 Å². The van der Waals surface area contributed by atoms with Gasteiger partial charge in [-0.2, -0.15) is 4.72 Å². The summed E-state index contributed by atoms with van der Waals surface area (Å²) in [6, 6.07) is 0.159. The average Bonchev–Trinajstić information content (AvgIpc) is 3.45. The zero-order valence-electron chi connectivity index (χ0n) is 19.5. The quantitative estimate of drug-likeness (QED) is 0.166. The molecule has 1 saturated heterocycles. The predicted octanol–water partition coefficient (Wildman–Crippen LogP) is -2.76. The normalized spacial score (nSPS) is 22.0. The summed E-state index contributed by atoms with van der Waals surface area (Å²) in [7, 11) is -9.23. The molecule has 0 spiro atoms. The van der Waals surface area contributed by atoms with Crippen LogP contribution in [0.25, 0.3) is 0 Å². The number of carbonyl (C=O) groups is 2. The van der Waals surface area contributed by atoms with Gasteiger partial charge in [0, 0.05) is 12.5 Å². The van der Waals surface area contributed by atoms with E-state index in [1.165, 1.54) is 6.07 Å². The van der Waals surface area contributed by atoms with Gasteiger partial charge in [-0.1, -0.05) is 38.2 Å². The Morgan fingerprint density at radius 1 is 1.17 bits per heavy atom. The van der Waals surface area contributed by atoms with Crippen molar-refractivity contribution in [3.05, 3.63) is 17.5 Å². The second-order valence-electron chi connectivity index (χ2n) is 8.86. The molecule has 1 aliphatic heterocycles. The van der Waals surface area contributed by atoms with Crippen molar-refractivity contribution in [2.75, 3.05) is 6.54 Å². The average molecular weight is 560 g/mol. The summed E-state index contributed by atoms with van der Waals surface area (Å²) in [6.45, 7) is 0.356. The number of hydrogen-bond donors (Lipinski definition) is 4. The molecule has 35 heavy (non-hydrogen) atoms. The number of hydrogen-bond acceptors (Lipinski definition) is 9. The molecule has 1 unspecified atom stereocenters. The molecule has 4 atom stereocenters. The monoisotopic (exact) mass is 559 g/mol. The molecule has 192 valence electrons. The summed E-state index contributed by atoms with van der Waals surface area (Å²) >= 11 is 0.986. The molecule has 15 heteroatoms. The Morgan fingerprint density at radius 3 is 2.40 bits per heavy atom. The van der Waals surface area contributed by atoms with Crippen molar-refractivity contribution < 1.29 is 65.6 Å². The molecule has 1 aromatic rings. The van der Waals surface area contributed by atoms with E-state index < -0.39 is 49.5 Å². The van der Waals surface area contributed by atoms with E-state index in [-0.39, 0.29) is 58.4 Å². The third-order valence-electron chi connectivity index (χ3n) is 6.34. The number of nitrogens with one attached hydrogen (secondary N) is 3. The molecule has 2 heterocycles. The number of thiophene rings is 1. The van der Waals surface area contributed by atoms with Gasteiger partial charge in [-0.05, 0) is 36.6 Å². The minimum absolute atomic E-state index is 0. The first-order valence-corrected chi connectivity index (χ1v) is 15.1. The Balaban J connectivity index is 0.00000432. The second kappa shape index (κ2) is 13.3. The third kappa shape index (κ3) is 8.75. The summed E-state index contributed by atoms with van der Waals surface area (Å²) < 4.78 is 62.6. The van der Waals surface area contributed by atoms with Crippen molar-refractivity contribution in [3.63, 3.8) is 0 Å². The van der Waals surface area contributed by atoms with Gasteiger partial charge in [0.2, 0.25) is 11.8 Å². The van der Waals surface area contributed by atoms with Gasteiger partial charge in [0.25, 0.3) is 10.0 Å². The number of rotatable bonds is 11. The molecule has 1 aliphatic carbocycles. The molecular weight excluding hydrogens is 529 g/mol. The molecule has 1 aromatic heterocycles. The van der Waals surface area contributed by atoms with Gasteiger partial charge in [-0.3, -0.25) is 9.59 Å². The van der Waals surface area contributed by atoms with Gasteiger partial charge in [0.15, 0.2) is 5.44 Å². The van der Waals surface area contributed by atoms with Gasteiger partial charge in [-0.15, -0.1) is 11.3 Å². The van der Waals surface area contributed by atoms with E-state index in [9.17, 15) is 36.1 Å². The minimum atomic E-state index is -5.21. The van der Waals surface area contributed by atoms with Crippen molar-refractivity contribution in [1.82, 2.24) is 15.4 Å². The first kappa shape index (κ1) is 30.6. The van der Waals surface area contributed by atoms with Crippen LogP contribution in [0.1, 0.15) is 51.4 Å². The fraction of sp³-hybridized carbons (Fsp3) is 0.700. The maximum absolute atomic E-state index is 13.2. The fourth-order valence-corrected chi connectivity index (χ4v) is 7.33. The first-order valence-electron chi connectivity index (χ1n) is 11.2. The minimum Gasteiger partial charge on any atom is -0.746 e. The van der Waals surface area contributed by atoms with Gasteiger partial charge < -0.3 is 20.3 Å². The van der Waals surface area contributed by atoms with Crippen LogP contribution in [0.3, 0.4) is 0 Å². The maximum atomic E-state index is 13.2. The Bertz CT molecular complexity index is 1060. The molecule has 2 amide bonds. The van der Waals surface area contributed by atoms with E-state index in [4.69, 9.17) is 0 Å². The van der Waals surface area contributed by atoms with Crippen molar-refractivity contribution >= 4 is 43.3 Å². The number of aliphatic hydroxyl groups is 1. The van der Waals surface area contributed by atoms with E-state index in [2.05, 4.69) is 15.4 Å². The van der Waals surface area contributed by atoms with E-state index in [0.29, 0.717) is 13.0 Å². The van der Waals surface area contributed by atoms with Crippen LogP contribution in [0.15, 0.2) is 21.7 Å². The fourth-order valence-electron chi connectivity index (χ4n) is 4.53. The number of sulfonamides is 1. The summed E-state index contributed by atoms with van der Waals surface area (Å²) in [5, 5.41) is 16.7. The number of carbonyl (C=O) groups excluding carboxylic acids is 2. The maximum Gasteiger partial charge on any atom is 1.00 e. The first-order chi connectivity index (χ1) is 16.0. The molecule has 2 fully saturated rings. The van der Waals surface area contributed by atoms with Crippen LogP contribution in [0.2, 0.25) is 0 Å². The van der Waals surface area contributed by atoms with Gasteiger partial charge in [-0.25, -0.2) is 16.8 Å². The van der Waals surface area contributed by atoms with E-state index in [0.717, 1.165) is 43.4 Å². The van der Waals surface area contributed by atoms with Gasteiger partial charge in [0.1, 0.15) is 20.4 Å². The molecular formula is C20H30N3NaO8S3. The molecule has 2 aliphatic rings. The molecule has 0 radical (unpaired) electrons.